The Kier molecular flexibility index (Phi) is 7.31. The van der Waals surface area contributed by atoms with Gasteiger partial charge in [0.2, 0.25) is 15.9 Å². The maximum atomic E-state index is 13.6. The molecule has 1 aromatic carbocycles. The third-order valence-electron chi connectivity index (χ3n) is 5.90. The molecule has 0 bridgehead atoms. The van der Waals surface area contributed by atoms with Gasteiger partial charge in [-0.1, -0.05) is 50.6 Å². The Balaban J connectivity index is 1.88. The lowest BCUT2D eigenvalue weighted by Crippen LogP contribution is -2.51. The smallest absolute Gasteiger partial charge is 0.236 e. The first-order valence-electron chi connectivity index (χ1n) is 10.7. The highest BCUT2D eigenvalue weighted by atomic mass is 32.2. The van der Waals surface area contributed by atoms with Crippen LogP contribution in [0, 0.1) is 0 Å². The van der Waals surface area contributed by atoms with E-state index in [1.807, 2.05) is 30.3 Å². The topological polar surface area (TPSA) is 79.4 Å². The maximum Gasteiger partial charge on any atom is 0.236 e. The molecule has 1 aliphatic rings. The second-order valence-corrected chi connectivity index (χ2v) is 11.0. The van der Waals surface area contributed by atoms with Crippen LogP contribution in [0.25, 0.3) is 0 Å². The molecule has 8 heteroatoms. The van der Waals surface area contributed by atoms with Crippen molar-refractivity contribution in [1.82, 2.24) is 9.29 Å². The van der Waals surface area contributed by atoms with E-state index in [1.165, 1.54) is 9.18 Å². The summed E-state index contributed by atoms with van der Waals surface area (Å²) in [4.78, 5) is 19.5. The Morgan fingerprint density at radius 2 is 1.83 bits per heavy atom. The molecule has 1 aliphatic heterocycles. The number of carbonyl (C=O) groups excluding carboxylic acids is 1. The Morgan fingerprint density at radius 1 is 1.17 bits per heavy atom. The van der Waals surface area contributed by atoms with Crippen LogP contribution in [0.1, 0.15) is 56.2 Å². The summed E-state index contributed by atoms with van der Waals surface area (Å²) in [6, 6.07) is 9.71. The van der Waals surface area contributed by atoms with Crippen LogP contribution >= 0.6 is 11.3 Å². The SMILES string of the molecule is CCCc1nc(NC(=O)C2(c3ccccc3)CCN(S(=O)(=O)CC)CC2)sc1CC. The molecule has 3 rings (SSSR count). The van der Waals surface area contributed by atoms with Crippen LogP contribution in [0.3, 0.4) is 0 Å². The number of carbonyl (C=O) groups is 1. The van der Waals surface area contributed by atoms with Crippen LogP contribution < -0.4 is 5.32 Å². The molecular weight excluding hydrogens is 418 g/mol. The molecule has 0 unspecified atom stereocenters. The van der Waals surface area contributed by atoms with Gasteiger partial charge in [-0.05, 0) is 38.2 Å². The van der Waals surface area contributed by atoms with Gasteiger partial charge in [0.05, 0.1) is 16.9 Å². The van der Waals surface area contributed by atoms with Gasteiger partial charge in [-0.2, -0.15) is 0 Å². The minimum atomic E-state index is -3.26. The third-order valence-corrected chi connectivity index (χ3v) is 8.94. The van der Waals surface area contributed by atoms with E-state index in [2.05, 4.69) is 24.1 Å². The summed E-state index contributed by atoms with van der Waals surface area (Å²) < 4.78 is 26.1. The third kappa shape index (κ3) is 4.60. The van der Waals surface area contributed by atoms with Gasteiger partial charge in [0.1, 0.15) is 0 Å². The summed E-state index contributed by atoms with van der Waals surface area (Å²) >= 11 is 1.54. The fourth-order valence-electron chi connectivity index (χ4n) is 4.09. The van der Waals surface area contributed by atoms with Crippen molar-refractivity contribution in [2.75, 3.05) is 24.2 Å². The quantitative estimate of drug-likeness (QED) is 0.661. The molecule has 0 spiro atoms. The standard InChI is InChI=1S/C22H31N3O3S2/c1-4-10-18-19(5-2)29-21(23-18)24-20(26)22(17-11-8-7-9-12-17)13-15-25(16-14-22)30(27,28)6-3/h7-9,11-12H,4-6,10,13-16H2,1-3H3,(H,23,24,26). The lowest BCUT2D eigenvalue weighted by molar-refractivity contribution is -0.123. The number of aryl methyl sites for hydroxylation is 2. The fourth-order valence-corrected chi connectivity index (χ4v) is 6.14. The van der Waals surface area contributed by atoms with Crippen molar-refractivity contribution in [1.29, 1.82) is 0 Å². The molecule has 30 heavy (non-hydrogen) atoms. The number of hydrogen-bond donors (Lipinski definition) is 1. The van der Waals surface area contributed by atoms with Crippen LogP contribution in [0.2, 0.25) is 0 Å². The Bertz CT molecular complexity index is 963. The van der Waals surface area contributed by atoms with Gasteiger partial charge in [0.25, 0.3) is 0 Å². The van der Waals surface area contributed by atoms with E-state index in [0.29, 0.717) is 31.1 Å². The second kappa shape index (κ2) is 9.58. The summed E-state index contributed by atoms with van der Waals surface area (Å²) in [6.07, 6.45) is 3.73. The number of nitrogens with one attached hydrogen (secondary N) is 1. The number of benzene rings is 1. The molecule has 2 heterocycles. The summed E-state index contributed by atoms with van der Waals surface area (Å²) in [5.41, 5.74) is 1.24. The number of hydrogen-bond acceptors (Lipinski definition) is 5. The van der Waals surface area contributed by atoms with E-state index >= 15 is 0 Å². The molecule has 0 atom stereocenters. The lowest BCUT2D eigenvalue weighted by atomic mass is 9.72. The molecule has 1 amide bonds. The van der Waals surface area contributed by atoms with Crippen molar-refractivity contribution in [3.05, 3.63) is 46.5 Å². The molecule has 0 radical (unpaired) electrons. The molecule has 0 saturated carbocycles. The van der Waals surface area contributed by atoms with Gasteiger partial charge in [0, 0.05) is 18.0 Å². The maximum absolute atomic E-state index is 13.6. The molecular formula is C22H31N3O3S2. The molecule has 0 aliphatic carbocycles. The summed E-state index contributed by atoms with van der Waals surface area (Å²) in [6.45, 7) is 6.57. The van der Waals surface area contributed by atoms with Crippen molar-refractivity contribution in [2.45, 2.75) is 58.3 Å². The molecule has 164 valence electrons. The first kappa shape index (κ1) is 22.9. The molecule has 1 N–H and O–H groups in total. The van der Waals surface area contributed by atoms with Crippen LogP contribution in [0.5, 0.6) is 0 Å². The lowest BCUT2D eigenvalue weighted by Gasteiger charge is -2.40. The highest BCUT2D eigenvalue weighted by Crippen LogP contribution is 2.38. The van der Waals surface area contributed by atoms with E-state index in [9.17, 15) is 13.2 Å². The van der Waals surface area contributed by atoms with Crippen LogP contribution in [0.4, 0.5) is 5.13 Å². The zero-order valence-corrected chi connectivity index (χ0v) is 19.6. The fraction of sp³-hybridized carbons (Fsp3) is 0.545. The average Bonchev–Trinajstić information content (AvgIpc) is 3.15. The molecule has 1 saturated heterocycles. The Hall–Kier alpha value is -1.77. The summed E-state index contributed by atoms with van der Waals surface area (Å²) in [5, 5.41) is 3.71. The van der Waals surface area contributed by atoms with Crippen LogP contribution in [-0.4, -0.2) is 42.5 Å². The van der Waals surface area contributed by atoms with Gasteiger partial charge in [-0.15, -0.1) is 11.3 Å². The summed E-state index contributed by atoms with van der Waals surface area (Å²) in [5.74, 6) is -0.0156. The predicted octanol–water partition coefficient (Wildman–Crippen LogP) is 3.98. The number of rotatable bonds is 8. The van der Waals surface area contributed by atoms with Gasteiger partial charge in [-0.25, -0.2) is 17.7 Å². The molecule has 2 aromatic rings. The van der Waals surface area contributed by atoms with E-state index < -0.39 is 15.4 Å². The largest absolute Gasteiger partial charge is 0.301 e. The van der Waals surface area contributed by atoms with Crippen LogP contribution in [-0.2, 0) is 33.1 Å². The molecule has 1 aromatic heterocycles. The highest BCUT2D eigenvalue weighted by molar-refractivity contribution is 7.89. The number of aromatic nitrogens is 1. The summed E-state index contributed by atoms with van der Waals surface area (Å²) in [7, 11) is -3.26. The van der Waals surface area contributed by atoms with Crippen molar-refractivity contribution < 1.29 is 13.2 Å². The zero-order valence-electron chi connectivity index (χ0n) is 18.0. The van der Waals surface area contributed by atoms with E-state index in [-0.39, 0.29) is 11.7 Å². The Labute approximate surface area is 183 Å². The van der Waals surface area contributed by atoms with E-state index in [4.69, 9.17) is 0 Å². The minimum Gasteiger partial charge on any atom is -0.301 e. The first-order valence-corrected chi connectivity index (χ1v) is 13.1. The zero-order chi connectivity index (χ0) is 21.8. The van der Waals surface area contributed by atoms with Gasteiger partial charge in [-0.3, -0.25) is 4.79 Å². The number of nitrogens with zero attached hydrogens (tertiary/aromatic N) is 2. The number of piperidine rings is 1. The number of sulfonamides is 1. The molecule has 1 fully saturated rings. The number of anilines is 1. The molecule has 6 nitrogen and oxygen atoms in total. The van der Waals surface area contributed by atoms with Crippen molar-refractivity contribution in [2.24, 2.45) is 0 Å². The number of thiazole rings is 1. The van der Waals surface area contributed by atoms with Crippen molar-refractivity contribution in [3.63, 3.8) is 0 Å². The van der Waals surface area contributed by atoms with E-state index in [0.717, 1.165) is 30.5 Å². The van der Waals surface area contributed by atoms with Crippen molar-refractivity contribution >= 4 is 32.4 Å². The second-order valence-electron chi connectivity index (χ2n) is 7.69. The van der Waals surface area contributed by atoms with E-state index in [1.54, 1.807) is 18.3 Å². The normalized spacial score (nSPS) is 17.0. The Morgan fingerprint density at radius 3 is 2.40 bits per heavy atom. The first-order chi connectivity index (χ1) is 14.4. The average molecular weight is 450 g/mol. The van der Waals surface area contributed by atoms with Gasteiger partial charge in [0.15, 0.2) is 5.13 Å². The number of amides is 1. The highest BCUT2D eigenvalue weighted by Gasteiger charge is 2.45. The van der Waals surface area contributed by atoms with Crippen molar-refractivity contribution in [3.8, 4) is 0 Å². The van der Waals surface area contributed by atoms with Gasteiger partial charge >= 0.3 is 0 Å². The minimum absolute atomic E-state index is 0.0800. The van der Waals surface area contributed by atoms with Crippen LogP contribution in [0.15, 0.2) is 30.3 Å². The van der Waals surface area contributed by atoms with Gasteiger partial charge < -0.3 is 5.32 Å². The predicted molar refractivity (Wildman–Crippen MR) is 123 cm³/mol. The monoisotopic (exact) mass is 449 g/mol.